The fraction of sp³-hybridized carbons (Fsp3) is 0. The van der Waals surface area contributed by atoms with Gasteiger partial charge in [-0.15, -0.1) is 0 Å². The molecule has 2 rings (SSSR count). The third-order valence-corrected chi connectivity index (χ3v) is 3.69. The van der Waals surface area contributed by atoms with Crippen LogP contribution in [0.1, 0.15) is 5.56 Å². The molecule has 0 aromatic heterocycles. The second kappa shape index (κ2) is 6.48. The van der Waals surface area contributed by atoms with Gasteiger partial charge < -0.3 is 0 Å². The zero-order chi connectivity index (χ0) is 15.2. The van der Waals surface area contributed by atoms with Crippen LogP contribution in [0, 0.1) is 21.4 Å². The van der Waals surface area contributed by atoms with E-state index < -0.39 is 4.92 Å². The number of para-hydroxylation sites is 1. The summed E-state index contributed by atoms with van der Waals surface area (Å²) in [7, 11) is 0. The van der Waals surface area contributed by atoms with Gasteiger partial charge in [0.15, 0.2) is 0 Å². The van der Waals surface area contributed by atoms with Gasteiger partial charge in [0, 0.05) is 21.9 Å². The summed E-state index contributed by atoms with van der Waals surface area (Å²) in [6.45, 7) is 0. The molecule has 0 N–H and O–H groups in total. The second-order valence-electron chi connectivity index (χ2n) is 3.82. The third kappa shape index (κ3) is 3.34. The van der Waals surface area contributed by atoms with Crippen molar-refractivity contribution in [1.29, 1.82) is 5.26 Å². The van der Waals surface area contributed by atoms with Crippen molar-refractivity contribution < 1.29 is 9.72 Å². The first-order chi connectivity index (χ1) is 10.2. The first-order valence-electron chi connectivity index (χ1n) is 5.69. The van der Waals surface area contributed by atoms with E-state index in [1.807, 2.05) is 6.07 Å². The summed E-state index contributed by atoms with van der Waals surface area (Å²) >= 11 is 1.21. The Balaban J connectivity index is 2.43. The van der Waals surface area contributed by atoms with Crippen molar-refractivity contribution in [3.63, 3.8) is 0 Å². The van der Waals surface area contributed by atoms with Crippen LogP contribution in [0.25, 0.3) is 0 Å². The van der Waals surface area contributed by atoms with Crippen molar-refractivity contribution in [2.24, 2.45) is 4.99 Å². The third-order valence-electron chi connectivity index (χ3n) is 2.55. The highest BCUT2D eigenvalue weighted by atomic mass is 32.2. The largest absolute Gasteiger partial charge is 0.270 e. The average Bonchev–Trinajstić information content (AvgIpc) is 2.49. The Hall–Kier alpha value is -2.94. The SMILES string of the molecule is N#Cc1cc([N+](=O)[O-])ccc1Sc1ccccc1N=C=O. The molecule has 2 aromatic carbocycles. The van der Waals surface area contributed by atoms with E-state index in [-0.39, 0.29) is 11.3 Å². The fourth-order valence-electron chi connectivity index (χ4n) is 1.61. The van der Waals surface area contributed by atoms with E-state index in [9.17, 15) is 14.9 Å². The number of isocyanates is 1. The van der Waals surface area contributed by atoms with Gasteiger partial charge >= 0.3 is 0 Å². The first-order valence-corrected chi connectivity index (χ1v) is 6.50. The van der Waals surface area contributed by atoms with E-state index in [0.29, 0.717) is 15.5 Å². The molecule has 0 aliphatic heterocycles. The predicted molar refractivity (Wildman–Crippen MR) is 76.2 cm³/mol. The minimum atomic E-state index is -0.556. The number of aliphatic imine (C=N–C) groups is 1. The minimum absolute atomic E-state index is 0.143. The highest BCUT2D eigenvalue weighted by Gasteiger charge is 2.12. The summed E-state index contributed by atoms with van der Waals surface area (Å²) in [4.78, 5) is 25.3. The molecule has 0 bridgehead atoms. The molecule has 7 heteroatoms. The van der Waals surface area contributed by atoms with Gasteiger partial charge in [-0.25, -0.2) is 4.79 Å². The Labute approximate surface area is 123 Å². The minimum Gasteiger partial charge on any atom is -0.258 e. The molecular weight excluding hydrogens is 290 g/mol. The topological polar surface area (TPSA) is 96.4 Å². The quantitative estimate of drug-likeness (QED) is 0.372. The van der Waals surface area contributed by atoms with E-state index in [0.717, 1.165) is 0 Å². The van der Waals surface area contributed by atoms with Crippen LogP contribution in [0.3, 0.4) is 0 Å². The van der Waals surface area contributed by atoms with Crippen molar-refractivity contribution in [1.82, 2.24) is 0 Å². The fourth-order valence-corrected chi connectivity index (χ4v) is 2.56. The van der Waals surface area contributed by atoms with Crippen LogP contribution in [0.15, 0.2) is 57.2 Å². The van der Waals surface area contributed by atoms with E-state index in [1.54, 1.807) is 24.3 Å². The van der Waals surface area contributed by atoms with Crippen molar-refractivity contribution in [2.45, 2.75) is 9.79 Å². The monoisotopic (exact) mass is 297 g/mol. The zero-order valence-electron chi connectivity index (χ0n) is 10.5. The van der Waals surface area contributed by atoms with E-state index in [2.05, 4.69) is 4.99 Å². The molecule has 6 nitrogen and oxygen atoms in total. The Morgan fingerprint density at radius 1 is 1.19 bits per heavy atom. The maximum Gasteiger partial charge on any atom is 0.270 e. The van der Waals surface area contributed by atoms with Gasteiger partial charge in [0.1, 0.15) is 6.07 Å². The van der Waals surface area contributed by atoms with Crippen LogP contribution in [0.4, 0.5) is 11.4 Å². The Kier molecular flexibility index (Phi) is 4.46. The zero-order valence-corrected chi connectivity index (χ0v) is 11.3. The molecule has 0 radical (unpaired) electrons. The number of carbonyl (C=O) groups excluding carboxylic acids is 1. The van der Waals surface area contributed by atoms with Crippen molar-refractivity contribution in [2.75, 3.05) is 0 Å². The van der Waals surface area contributed by atoms with E-state index in [4.69, 9.17) is 5.26 Å². The molecule has 0 amide bonds. The highest BCUT2D eigenvalue weighted by Crippen LogP contribution is 2.37. The lowest BCUT2D eigenvalue weighted by atomic mass is 10.2. The number of benzene rings is 2. The first kappa shape index (κ1) is 14.5. The molecule has 2 aromatic rings. The molecular formula is C14H7N3O3S. The highest BCUT2D eigenvalue weighted by molar-refractivity contribution is 7.99. The van der Waals surface area contributed by atoms with E-state index in [1.165, 1.54) is 36.0 Å². The molecule has 0 unspecified atom stereocenters. The Bertz CT molecular complexity index is 792. The molecule has 0 spiro atoms. The van der Waals surface area contributed by atoms with Crippen molar-refractivity contribution in [3.8, 4) is 6.07 Å². The lowest BCUT2D eigenvalue weighted by Crippen LogP contribution is -1.90. The van der Waals surface area contributed by atoms with Gasteiger partial charge in [-0.2, -0.15) is 10.3 Å². The summed E-state index contributed by atoms with van der Waals surface area (Å²) in [5.74, 6) is 0. The maximum absolute atomic E-state index is 10.7. The molecule has 0 saturated heterocycles. The number of hydrogen-bond acceptors (Lipinski definition) is 6. The molecule has 21 heavy (non-hydrogen) atoms. The lowest BCUT2D eigenvalue weighted by molar-refractivity contribution is -0.384. The van der Waals surface area contributed by atoms with Crippen LogP contribution in [0.5, 0.6) is 0 Å². The number of nitriles is 1. The summed E-state index contributed by atoms with van der Waals surface area (Å²) in [5, 5.41) is 19.8. The number of hydrogen-bond donors (Lipinski definition) is 0. The summed E-state index contributed by atoms with van der Waals surface area (Å²) in [6.07, 6.45) is 1.47. The maximum atomic E-state index is 10.7. The van der Waals surface area contributed by atoms with Crippen LogP contribution >= 0.6 is 11.8 Å². The molecule has 0 saturated carbocycles. The number of nitro groups is 1. The molecule has 0 heterocycles. The molecule has 0 atom stereocenters. The Morgan fingerprint density at radius 2 is 1.95 bits per heavy atom. The van der Waals surface area contributed by atoms with Gasteiger partial charge in [-0.3, -0.25) is 10.1 Å². The number of nitro benzene ring substituents is 1. The smallest absolute Gasteiger partial charge is 0.258 e. The summed E-state index contributed by atoms with van der Waals surface area (Å²) in [6, 6.07) is 12.9. The van der Waals surface area contributed by atoms with Crippen LogP contribution in [-0.4, -0.2) is 11.0 Å². The Morgan fingerprint density at radius 3 is 2.62 bits per heavy atom. The van der Waals surface area contributed by atoms with Crippen LogP contribution in [0.2, 0.25) is 0 Å². The number of rotatable bonds is 4. The predicted octanol–water partition coefficient (Wildman–Crippen LogP) is 3.58. The average molecular weight is 297 g/mol. The summed E-state index contributed by atoms with van der Waals surface area (Å²) in [5.41, 5.74) is 0.480. The number of nitrogens with zero attached hydrogens (tertiary/aromatic N) is 3. The molecule has 0 aliphatic rings. The molecule has 0 aliphatic carbocycles. The summed E-state index contributed by atoms with van der Waals surface area (Å²) < 4.78 is 0. The second-order valence-corrected chi connectivity index (χ2v) is 4.91. The van der Waals surface area contributed by atoms with Gasteiger partial charge in [-0.1, -0.05) is 23.9 Å². The van der Waals surface area contributed by atoms with Gasteiger partial charge in [-0.05, 0) is 18.2 Å². The molecule has 0 fully saturated rings. The van der Waals surface area contributed by atoms with Crippen molar-refractivity contribution in [3.05, 3.63) is 58.1 Å². The standard InChI is InChI=1S/C14H7N3O3S/c15-8-10-7-11(17(19)20)5-6-13(10)21-14-4-2-1-3-12(14)16-9-18/h1-7H. The van der Waals surface area contributed by atoms with Crippen molar-refractivity contribution >= 4 is 29.2 Å². The van der Waals surface area contributed by atoms with Crippen LogP contribution in [-0.2, 0) is 4.79 Å². The normalized spacial score (nSPS) is 9.48. The number of non-ortho nitro benzene ring substituents is 1. The molecule has 102 valence electrons. The van der Waals surface area contributed by atoms with Gasteiger partial charge in [0.2, 0.25) is 6.08 Å². The van der Waals surface area contributed by atoms with Crippen LogP contribution < -0.4 is 0 Å². The van der Waals surface area contributed by atoms with Gasteiger partial charge in [0.25, 0.3) is 5.69 Å². The van der Waals surface area contributed by atoms with E-state index >= 15 is 0 Å². The lowest BCUT2D eigenvalue weighted by Gasteiger charge is -2.05. The van der Waals surface area contributed by atoms with Gasteiger partial charge in [0.05, 0.1) is 16.2 Å².